The second kappa shape index (κ2) is 11.1. The van der Waals surface area contributed by atoms with Gasteiger partial charge in [0.05, 0.1) is 13.0 Å². The number of hydrogen-bond acceptors (Lipinski definition) is 3. The maximum atomic E-state index is 13.1. The number of carbonyl (C=O) groups excluding carboxylic acids is 2. The van der Waals surface area contributed by atoms with E-state index in [1.165, 1.54) is 12.1 Å². The van der Waals surface area contributed by atoms with Crippen LogP contribution in [0.25, 0.3) is 0 Å². The number of carbonyl (C=O) groups is 2. The third-order valence-corrected chi connectivity index (χ3v) is 4.34. The van der Waals surface area contributed by atoms with Crippen LogP contribution in [0.4, 0.5) is 4.39 Å². The number of benzene rings is 1. The lowest BCUT2D eigenvalue weighted by Gasteiger charge is -2.32. The third-order valence-electron chi connectivity index (χ3n) is 4.34. The van der Waals surface area contributed by atoms with Crippen molar-refractivity contribution in [3.8, 4) is 0 Å². The maximum Gasteiger partial charge on any atom is 0.241 e. The Bertz CT molecular complexity index is 563. The Morgan fingerprint density at radius 1 is 1.28 bits per heavy atom. The van der Waals surface area contributed by atoms with Gasteiger partial charge in [0, 0.05) is 13.1 Å². The second-order valence-electron chi connectivity index (χ2n) is 6.22. The van der Waals surface area contributed by atoms with E-state index in [0.717, 1.165) is 39.0 Å². The Morgan fingerprint density at radius 2 is 2.00 bits per heavy atom. The van der Waals surface area contributed by atoms with E-state index >= 15 is 0 Å². The molecule has 2 rings (SSSR count). The lowest BCUT2D eigenvalue weighted by atomic mass is 9.97. The van der Waals surface area contributed by atoms with Crippen molar-refractivity contribution >= 4 is 24.2 Å². The van der Waals surface area contributed by atoms with Crippen LogP contribution >= 0.6 is 12.4 Å². The van der Waals surface area contributed by atoms with Gasteiger partial charge in [-0.2, -0.15) is 0 Å². The summed E-state index contributed by atoms with van der Waals surface area (Å²) < 4.78 is 13.1. The molecule has 1 aromatic rings. The van der Waals surface area contributed by atoms with Gasteiger partial charge in [0.2, 0.25) is 11.8 Å². The SMILES string of the molecule is CCNCC1CCN(C(=O)CNC(=O)Cc2cccc(F)c2)CC1.Cl. The molecule has 0 saturated carbocycles. The number of nitrogens with zero attached hydrogens (tertiary/aromatic N) is 1. The molecule has 0 bridgehead atoms. The molecule has 2 amide bonds. The summed E-state index contributed by atoms with van der Waals surface area (Å²) in [6.45, 7) is 5.56. The third kappa shape index (κ3) is 7.40. The fraction of sp³-hybridized carbons (Fsp3) is 0.556. The maximum absolute atomic E-state index is 13.1. The number of rotatable bonds is 7. The Balaban J connectivity index is 0.00000312. The molecule has 0 atom stereocenters. The van der Waals surface area contributed by atoms with Crippen LogP contribution in [0.1, 0.15) is 25.3 Å². The first-order valence-corrected chi connectivity index (χ1v) is 8.58. The molecule has 0 aromatic heterocycles. The molecule has 1 aliphatic rings. The first-order chi connectivity index (χ1) is 11.6. The molecule has 0 aliphatic carbocycles. The zero-order chi connectivity index (χ0) is 17.4. The summed E-state index contributed by atoms with van der Waals surface area (Å²) in [5.41, 5.74) is 0.601. The molecule has 140 valence electrons. The van der Waals surface area contributed by atoms with E-state index < -0.39 is 0 Å². The minimum absolute atomic E-state index is 0. The van der Waals surface area contributed by atoms with Gasteiger partial charge in [-0.05, 0) is 49.5 Å². The van der Waals surface area contributed by atoms with E-state index in [2.05, 4.69) is 17.6 Å². The Labute approximate surface area is 154 Å². The summed E-state index contributed by atoms with van der Waals surface area (Å²) in [5.74, 6) is -0.0612. The van der Waals surface area contributed by atoms with Crippen molar-refractivity contribution in [3.05, 3.63) is 35.6 Å². The minimum Gasteiger partial charge on any atom is -0.347 e. The normalized spacial score (nSPS) is 14.7. The van der Waals surface area contributed by atoms with Gasteiger partial charge in [0.1, 0.15) is 5.82 Å². The zero-order valence-corrected chi connectivity index (χ0v) is 15.4. The van der Waals surface area contributed by atoms with Crippen molar-refractivity contribution in [2.45, 2.75) is 26.2 Å². The highest BCUT2D eigenvalue weighted by Gasteiger charge is 2.22. The predicted molar refractivity (Wildman–Crippen MR) is 98.2 cm³/mol. The van der Waals surface area contributed by atoms with E-state index in [1.54, 1.807) is 12.1 Å². The Kier molecular flexibility index (Phi) is 9.45. The number of halogens is 2. The molecule has 1 fully saturated rings. The minimum atomic E-state index is -0.364. The number of nitrogens with one attached hydrogen (secondary N) is 2. The quantitative estimate of drug-likeness (QED) is 0.767. The first kappa shape index (κ1) is 21.4. The zero-order valence-electron chi connectivity index (χ0n) is 14.6. The molecule has 0 unspecified atom stereocenters. The van der Waals surface area contributed by atoms with Crippen LogP contribution in [0.15, 0.2) is 24.3 Å². The van der Waals surface area contributed by atoms with Gasteiger partial charge in [-0.25, -0.2) is 4.39 Å². The van der Waals surface area contributed by atoms with Crippen LogP contribution in [-0.4, -0.2) is 49.4 Å². The van der Waals surface area contributed by atoms with Crippen LogP contribution in [0.5, 0.6) is 0 Å². The summed E-state index contributed by atoms with van der Waals surface area (Å²) >= 11 is 0. The van der Waals surface area contributed by atoms with Crippen LogP contribution in [0, 0.1) is 11.7 Å². The highest BCUT2D eigenvalue weighted by atomic mass is 35.5. The lowest BCUT2D eigenvalue weighted by molar-refractivity contribution is -0.133. The molecule has 1 aromatic carbocycles. The standard InChI is InChI=1S/C18H26FN3O2.ClH/c1-2-20-12-14-6-8-22(9-7-14)18(24)13-21-17(23)11-15-4-3-5-16(19)10-15;/h3-5,10,14,20H,2,6-9,11-13H2,1H3,(H,21,23);1H. The second-order valence-corrected chi connectivity index (χ2v) is 6.22. The highest BCUT2D eigenvalue weighted by molar-refractivity contribution is 5.86. The fourth-order valence-electron chi connectivity index (χ4n) is 2.92. The van der Waals surface area contributed by atoms with Crippen molar-refractivity contribution in [3.63, 3.8) is 0 Å². The Morgan fingerprint density at radius 3 is 2.64 bits per heavy atom. The topological polar surface area (TPSA) is 61.4 Å². The van der Waals surface area contributed by atoms with Gasteiger partial charge >= 0.3 is 0 Å². The van der Waals surface area contributed by atoms with E-state index in [4.69, 9.17) is 0 Å². The summed E-state index contributed by atoms with van der Waals surface area (Å²) in [5, 5.41) is 5.97. The molecule has 2 N–H and O–H groups in total. The van der Waals surface area contributed by atoms with E-state index in [9.17, 15) is 14.0 Å². The average Bonchev–Trinajstić information content (AvgIpc) is 2.58. The highest BCUT2D eigenvalue weighted by Crippen LogP contribution is 2.16. The molecular weight excluding hydrogens is 345 g/mol. The van der Waals surface area contributed by atoms with Crippen LogP contribution in [-0.2, 0) is 16.0 Å². The average molecular weight is 372 g/mol. The van der Waals surface area contributed by atoms with Crippen LogP contribution in [0.2, 0.25) is 0 Å². The van der Waals surface area contributed by atoms with Gasteiger partial charge in [0.15, 0.2) is 0 Å². The first-order valence-electron chi connectivity index (χ1n) is 8.58. The number of amides is 2. The van der Waals surface area contributed by atoms with Gasteiger partial charge in [0.25, 0.3) is 0 Å². The van der Waals surface area contributed by atoms with E-state index in [0.29, 0.717) is 11.5 Å². The lowest BCUT2D eigenvalue weighted by Crippen LogP contribution is -2.45. The van der Waals surface area contributed by atoms with Gasteiger partial charge < -0.3 is 15.5 Å². The number of likely N-dealkylation sites (tertiary alicyclic amines) is 1. The monoisotopic (exact) mass is 371 g/mol. The molecule has 0 spiro atoms. The van der Waals surface area contributed by atoms with Gasteiger partial charge in [-0.15, -0.1) is 12.4 Å². The predicted octanol–water partition coefficient (Wildman–Crippen LogP) is 1.75. The Hall–Kier alpha value is -1.66. The van der Waals surface area contributed by atoms with Crippen LogP contribution in [0.3, 0.4) is 0 Å². The van der Waals surface area contributed by atoms with Crippen molar-refractivity contribution in [2.75, 3.05) is 32.7 Å². The van der Waals surface area contributed by atoms with E-state index in [1.807, 2.05) is 4.90 Å². The van der Waals surface area contributed by atoms with Crippen molar-refractivity contribution in [2.24, 2.45) is 5.92 Å². The van der Waals surface area contributed by atoms with Gasteiger partial charge in [-0.3, -0.25) is 9.59 Å². The number of hydrogen-bond donors (Lipinski definition) is 2. The smallest absolute Gasteiger partial charge is 0.241 e. The summed E-state index contributed by atoms with van der Waals surface area (Å²) in [6.07, 6.45) is 2.07. The molecule has 1 saturated heterocycles. The molecule has 25 heavy (non-hydrogen) atoms. The van der Waals surface area contributed by atoms with Crippen molar-refractivity contribution < 1.29 is 14.0 Å². The number of piperidine rings is 1. The van der Waals surface area contributed by atoms with E-state index in [-0.39, 0.29) is 43.0 Å². The molecule has 0 radical (unpaired) electrons. The summed E-state index contributed by atoms with van der Waals surface area (Å²) in [4.78, 5) is 25.8. The molecular formula is C18H27ClFN3O2. The summed E-state index contributed by atoms with van der Waals surface area (Å²) in [7, 11) is 0. The fourth-order valence-corrected chi connectivity index (χ4v) is 2.92. The van der Waals surface area contributed by atoms with Gasteiger partial charge in [-0.1, -0.05) is 19.1 Å². The largest absolute Gasteiger partial charge is 0.347 e. The summed E-state index contributed by atoms with van der Waals surface area (Å²) in [6, 6.07) is 5.93. The molecule has 1 heterocycles. The molecule has 7 heteroatoms. The molecule has 5 nitrogen and oxygen atoms in total. The van der Waals surface area contributed by atoms with Crippen molar-refractivity contribution in [1.29, 1.82) is 0 Å². The van der Waals surface area contributed by atoms with Crippen molar-refractivity contribution in [1.82, 2.24) is 15.5 Å². The molecule has 1 aliphatic heterocycles. The van der Waals surface area contributed by atoms with Crippen LogP contribution < -0.4 is 10.6 Å².